The predicted octanol–water partition coefficient (Wildman–Crippen LogP) is 5.80. The van der Waals surface area contributed by atoms with Crippen LogP contribution in [0.15, 0.2) is 40.0 Å². The van der Waals surface area contributed by atoms with E-state index >= 15 is 4.39 Å². The number of benzene rings is 1. The van der Waals surface area contributed by atoms with Crippen molar-refractivity contribution in [2.45, 2.75) is 71.3 Å². The highest BCUT2D eigenvalue weighted by Gasteiger charge is 2.38. The van der Waals surface area contributed by atoms with Crippen LogP contribution in [0.3, 0.4) is 0 Å². The van der Waals surface area contributed by atoms with E-state index in [4.69, 9.17) is 20.2 Å². The minimum atomic E-state index is -0.817. The number of ether oxygens (including phenoxy) is 2. The van der Waals surface area contributed by atoms with Crippen LogP contribution in [0.25, 0.3) is 10.9 Å². The molecule has 1 aromatic heterocycles. The van der Waals surface area contributed by atoms with E-state index in [1.165, 1.54) is 30.8 Å². The number of nitrogens with zero attached hydrogens (tertiary/aromatic N) is 4. The second-order valence-corrected chi connectivity index (χ2v) is 12.4. The van der Waals surface area contributed by atoms with Crippen molar-refractivity contribution in [3.05, 3.63) is 62.5 Å². The summed E-state index contributed by atoms with van der Waals surface area (Å²) in [6.45, 7) is 7.04. The summed E-state index contributed by atoms with van der Waals surface area (Å²) in [6, 6.07) is 1.31. The van der Waals surface area contributed by atoms with Gasteiger partial charge in [-0.05, 0) is 36.3 Å². The maximum atomic E-state index is 16.7. The van der Waals surface area contributed by atoms with Gasteiger partial charge in [0.1, 0.15) is 11.6 Å². The fourth-order valence-electron chi connectivity index (χ4n) is 6.55. The monoisotopic (exact) mass is 594 g/mol. The Bertz CT molecular complexity index is 1530. The van der Waals surface area contributed by atoms with E-state index < -0.39 is 17.7 Å². The van der Waals surface area contributed by atoms with Crippen molar-refractivity contribution in [1.29, 1.82) is 5.26 Å². The van der Waals surface area contributed by atoms with Gasteiger partial charge in [0.05, 0.1) is 35.8 Å². The molecule has 3 N–H and O–H groups in total. The van der Waals surface area contributed by atoms with Crippen molar-refractivity contribution in [2.75, 3.05) is 30.3 Å². The molecule has 42 heavy (non-hydrogen) atoms. The summed E-state index contributed by atoms with van der Waals surface area (Å²) >= 11 is 1.22. The van der Waals surface area contributed by atoms with E-state index in [9.17, 15) is 9.65 Å². The first-order chi connectivity index (χ1) is 20.4. The van der Waals surface area contributed by atoms with Gasteiger partial charge >= 0.3 is 0 Å². The molecule has 0 amide bonds. The lowest BCUT2D eigenvalue weighted by Gasteiger charge is -2.32. The number of nitrogens with two attached hydrogens (primary N) is 1. The van der Waals surface area contributed by atoms with Gasteiger partial charge in [-0.25, -0.2) is 18.7 Å². The van der Waals surface area contributed by atoms with Gasteiger partial charge in [-0.1, -0.05) is 26.7 Å². The SMILES string of the molecule is CCCC(CCC)COC1CCN(c2ncc3c4c(c(C5NC=C(F)C6=C5C(C#N)=C(N)CS6)c(F)c3n2)COC4)C1. The van der Waals surface area contributed by atoms with Gasteiger partial charge in [0.25, 0.3) is 0 Å². The minimum Gasteiger partial charge on any atom is -0.400 e. The molecular formula is C31H36F2N6O2S. The zero-order valence-electron chi connectivity index (χ0n) is 24.0. The number of nitrogens with one attached hydrogen (secondary N) is 1. The largest absolute Gasteiger partial charge is 0.400 e. The molecule has 2 unspecified atom stereocenters. The number of hydrogen-bond donors (Lipinski definition) is 2. The maximum Gasteiger partial charge on any atom is 0.226 e. The predicted molar refractivity (Wildman–Crippen MR) is 159 cm³/mol. The van der Waals surface area contributed by atoms with E-state index in [1.807, 2.05) is 4.90 Å². The van der Waals surface area contributed by atoms with Crippen molar-refractivity contribution in [2.24, 2.45) is 11.7 Å². The first-order valence-electron chi connectivity index (χ1n) is 14.8. The lowest BCUT2D eigenvalue weighted by atomic mass is 9.85. The summed E-state index contributed by atoms with van der Waals surface area (Å²) in [5.41, 5.74) is 9.04. The normalized spacial score (nSPS) is 22.0. The molecule has 4 aliphatic rings. The van der Waals surface area contributed by atoms with Crippen molar-refractivity contribution in [3.63, 3.8) is 0 Å². The van der Waals surface area contributed by atoms with Crippen LogP contribution in [0.1, 0.15) is 68.7 Å². The lowest BCUT2D eigenvalue weighted by molar-refractivity contribution is 0.0375. The molecule has 1 fully saturated rings. The maximum absolute atomic E-state index is 16.7. The number of allylic oxidation sites excluding steroid dienone is 1. The third-order valence-electron chi connectivity index (χ3n) is 8.61. The number of hydrogen-bond acceptors (Lipinski definition) is 9. The molecule has 0 radical (unpaired) electrons. The van der Waals surface area contributed by atoms with E-state index in [1.54, 1.807) is 6.20 Å². The second kappa shape index (κ2) is 12.2. The Morgan fingerprint density at radius 3 is 2.81 bits per heavy atom. The lowest BCUT2D eigenvalue weighted by Crippen LogP contribution is -2.29. The number of rotatable bonds is 9. The Morgan fingerprint density at radius 1 is 1.26 bits per heavy atom. The summed E-state index contributed by atoms with van der Waals surface area (Å²) in [5, 5.41) is 13.5. The number of nitriles is 1. The topological polar surface area (TPSA) is 109 Å². The third-order valence-corrected chi connectivity index (χ3v) is 9.77. The van der Waals surface area contributed by atoms with E-state index in [-0.39, 0.29) is 23.8 Å². The number of thioether (sulfide) groups is 1. The molecule has 6 rings (SSSR count). The summed E-state index contributed by atoms with van der Waals surface area (Å²) in [6.07, 6.45) is 8.50. The van der Waals surface area contributed by atoms with Crippen LogP contribution in [-0.2, 0) is 22.7 Å². The molecule has 8 nitrogen and oxygen atoms in total. The summed E-state index contributed by atoms with van der Waals surface area (Å²) in [5.74, 6) is 0.301. The van der Waals surface area contributed by atoms with Crippen LogP contribution in [-0.4, -0.2) is 41.5 Å². The van der Waals surface area contributed by atoms with Gasteiger partial charge in [-0.2, -0.15) is 5.26 Å². The second-order valence-electron chi connectivity index (χ2n) is 11.4. The van der Waals surface area contributed by atoms with Gasteiger partial charge in [0, 0.05) is 60.1 Å². The summed E-state index contributed by atoms with van der Waals surface area (Å²) in [7, 11) is 0. The van der Waals surface area contributed by atoms with Crippen molar-refractivity contribution >= 4 is 28.6 Å². The highest BCUT2D eigenvalue weighted by molar-refractivity contribution is 8.03. The molecular weight excluding hydrogens is 558 g/mol. The molecule has 0 spiro atoms. The van der Waals surface area contributed by atoms with Crippen LogP contribution in [0.5, 0.6) is 0 Å². The van der Waals surface area contributed by atoms with Gasteiger partial charge in [0.15, 0.2) is 11.6 Å². The molecule has 11 heteroatoms. The average molecular weight is 595 g/mol. The van der Waals surface area contributed by atoms with Gasteiger partial charge in [-0.3, -0.25) is 0 Å². The molecule has 0 bridgehead atoms. The third kappa shape index (κ3) is 5.14. The fraction of sp³-hybridized carbons (Fsp3) is 0.516. The van der Waals surface area contributed by atoms with E-state index in [2.05, 4.69) is 30.2 Å². The summed E-state index contributed by atoms with van der Waals surface area (Å²) in [4.78, 5) is 11.7. The average Bonchev–Trinajstić information content (AvgIpc) is 3.67. The Kier molecular flexibility index (Phi) is 8.39. The quantitative estimate of drug-likeness (QED) is 0.372. The summed E-state index contributed by atoms with van der Waals surface area (Å²) < 4.78 is 43.7. The van der Waals surface area contributed by atoms with Crippen LogP contribution in [0.4, 0.5) is 14.7 Å². The van der Waals surface area contributed by atoms with Crippen LogP contribution in [0.2, 0.25) is 0 Å². The number of anilines is 1. The Hall–Kier alpha value is -3.20. The molecule has 5 heterocycles. The van der Waals surface area contributed by atoms with Crippen molar-refractivity contribution in [1.82, 2.24) is 15.3 Å². The molecule has 222 valence electrons. The van der Waals surface area contributed by atoms with Crippen molar-refractivity contribution < 1.29 is 18.3 Å². The first kappa shape index (κ1) is 28.9. The Morgan fingerprint density at radius 2 is 2.05 bits per heavy atom. The smallest absolute Gasteiger partial charge is 0.226 e. The van der Waals surface area contributed by atoms with Gasteiger partial charge in [0.2, 0.25) is 5.95 Å². The van der Waals surface area contributed by atoms with Crippen LogP contribution in [0, 0.1) is 23.1 Å². The first-order valence-corrected chi connectivity index (χ1v) is 15.8. The molecule has 2 atom stereocenters. The molecule has 0 aliphatic carbocycles. The zero-order valence-corrected chi connectivity index (χ0v) is 24.8. The van der Waals surface area contributed by atoms with Gasteiger partial charge < -0.3 is 25.4 Å². The Labute approximate surface area is 249 Å². The Balaban J connectivity index is 1.34. The molecule has 1 aromatic carbocycles. The van der Waals surface area contributed by atoms with Crippen molar-refractivity contribution in [3.8, 4) is 6.07 Å². The number of halogens is 2. The van der Waals surface area contributed by atoms with Gasteiger partial charge in [-0.15, -0.1) is 11.8 Å². The highest BCUT2D eigenvalue weighted by atomic mass is 32.2. The number of aromatic nitrogens is 2. The standard InChI is InChI=1S/C31H36F2N6O2S/c1-3-5-17(6-4-2)13-41-18-7-8-39(12-18)31-37-10-20-21-14-40-15-22(21)25(27(33)28(20)38-31)29-26-19(9-34)24(35)16-42-30(26)23(32)11-36-29/h10-11,17-18,29,36H,3-8,12-16,35H2,1-2H3. The van der Waals surface area contributed by atoms with E-state index in [0.29, 0.717) is 63.5 Å². The highest BCUT2D eigenvalue weighted by Crippen LogP contribution is 2.48. The molecule has 1 saturated heterocycles. The zero-order chi connectivity index (χ0) is 29.4. The number of fused-ring (bicyclic) bond motifs is 3. The molecule has 0 saturated carbocycles. The number of dihydropyridines is 1. The fourth-order valence-corrected chi connectivity index (χ4v) is 7.57. The van der Waals surface area contributed by atoms with Crippen LogP contribution < -0.4 is 16.0 Å². The minimum absolute atomic E-state index is 0.0817. The van der Waals surface area contributed by atoms with Crippen LogP contribution >= 0.6 is 11.8 Å². The molecule has 2 aromatic rings. The van der Waals surface area contributed by atoms with E-state index in [0.717, 1.165) is 38.0 Å². The molecule has 4 aliphatic heterocycles.